The summed E-state index contributed by atoms with van der Waals surface area (Å²) in [6.07, 6.45) is 5.59. The van der Waals surface area contributed by atoms with Gasteiger partial charge in [-0.3, -0.25) is 0 Å². The lowest BCUT2D eigenvalue weighted by molar-refractivity contribution is 0.779. The van der Waals surface area contributed by atoms with E-state index in [9.17, 15) is 0 Å². The van der Waals surface area contributed by atoms with E-state index in [1.165, 1.54) is 18.5 Å². The molecule has 64 valence electrons. The lowest BCUT2D eigenvalue weighted by Gasteiger charge is -1.89. The zero-order valence-corrected chi connectivity index (χ0v) is 8.77. The lowest BCUT2D eigenvalue weighted by Crippen LogP contribution is -1.83. The van der Waals surface area contributed by atoms with Gasteiger partial charge in [-0.15, -0.1) is 17.0 Å². The van der Waals surface area contributed by atoms with E-state index in [4.69, 9.17) is 0 Å². The van der Waals surface area contributed by atoms with Gasteiger partial charge in [0.2, 0.25) is 0 Å². The van der Waals surface area contributed by atoms with E-state index >= 15 is 0 Å². The molecular formula is C8H15BrN2. The summed E-state index contributed by atoms with van der Waals surface area (Å²) in [7, 11) is 0. The van der Waals surface area contributed by atoms with Crippen molar-refractivity contribution in [3.05, 3.63) is 17.7 Å². The molecule has 0 fully saturated rings. The van der Waals surface area contributed by atoms with Gasteiger partial charge in [-0.2, -0.15) is 0 Å². The van der Waals surface area contributed by atoms with Crippen molar-refractivity contribution >= 4 is 17.0 Å². The molecule has 0 aliphatic rings. The van der Waals surface area contributed by atoms with E-state index in [2.05, 4.69) is 16.9 Å². The molecule has 0 aromatic carbocycles. The van der Waals surface area contributed by atoms with Crippen LogP contribution in [0.4, 0.5) is 0 Å². The maximum Gasteiger partial charge on any atom is 0.103 e. The molecule has 1 aromatic heterocycles. The molecule has 1 N–H and O–H groups in total. The molecule has 0 atom stereocenters. The minimum Gasteiger partial charge on any atom is -0.349 e. The van der Waals surface area contributed by atoms with Crippen LogP contribution in [-0.2, 0) is 6.42 Å². The standard InChI is InChI=1S/C8H14N2.BrH/c1-3-4-5-8-6-9-7(2)10-8;/h6H,3-5H2,1-2H3,(H,9,10);1H. The molecule has 1 aromatic rings. The van der Waals surface area contributed by atoms with Crippen molar-refractivity contribution in [2.24, 2.45) is 0 Å². The van der Waals surface area contributed by atoms with E-state index in [0.717, 1.165) is 12.2 Å². The average Bonchev–Trinajstić information content (AvgIpc) is 2.31. The Kier molecular flexibility index (Phi) is 5.20. The number of nitrogens with zero attached hydrogens (tertiary/aromatic N) is 1. The van der Waals surface area contributed by atoms with Crippen molar-refractivity contribution in [3.8, 4) is 0 Å². The van der Waals surface area contributed by atoms with Crippen LogP contribution in [0.3, 0.4) is 0 Å². The van der Waals surface area contributed by atoms with Gasteiger partial charge in [0.05, 0.1) is 5.69 Å². The van der Waals surface area contributed by atoms with Gasteiger partial charge in [0.25, 0.3) is 0 Å². The largest absolute Gasteiger partial charge is 0.349 e. The highest BCUT2D eigenvalue weighted by molar-refractivity contribution is 8.93. The van der Waals surface area contributed by atoms with Crippen LogP contribution in [0.15, 0.2) is 6.20 Å². The van der Waals surface area contributed by atoms with Gasteiger partial charge in [0, 0.05) is 6.20 Å². The Balaban J connectivity index is 0.000001000. The smallest absolute Gasteiger partial charge is 0.103 e. The number of halogens is 1. The zero-order chi connectivity index (χ0) is 7.40. The van der Waals surface area contributed by atoms with Crippen LogP contribution in [-0.4, -0.2) is 9.97 Å². The normalized spacial score (nSPS) is 9.27. The maximum absolute atomic E-state index is 4.29. The number of aryl methyl sites for hydroxylation is 2. The van der Waals surface area contributed by atoms with Crippen molar-refractivity contribution in [3.63, 3.8) is 0 Å². The highest BCUT2D eigenvalue weighted by Gasteiger charge is 1.94. The van der Waals surface area contributed by atoms with E-state index in [-0.39, 0.29) is 17.0 Å². The second kappa shape index (κ2) is 5.35. The third kappa shape index (κ3) is 3.56. The first-order valence-electron chi connectivity index (χ1n) is 3.84. The second-order valence-electron chi connectivity index (χ2n) is 2.58. The molecule has 0 saturated carbocycles. The van der Waals surface area contributed by atoms with Gasteiger partial charge in [-0.25, -0.2) is 4.98 Å². The molecule has 0 saturated heterocycles. The fourth-order valence-electron chi connectivity index (χ4n) is 0.954. The number of hydrogen-bond donors (Lipinski definition) is 1. The second-order valence-corrected chi connectivity index (χ2v) is 2.58. The van der Waals surface area contributed by atoms with Gasteiger partial charge in [-0.1, -0.05) is 13.3 Å². The molecule has 0 amide bonds. The van der Waals surface area contributed by atoms with E-state index in [0.29, 0.717) is 0 Å². The first-order valence-corrected chi connectivity index (χ1v) is 3.84. The number of hydrogen-bond acceptors (Lipinski definition) is 1. The van der Waals surface area contributed by atoms with Crippen LogP contribution in [0.25, 0.3) is 0 Å². The summed E-state index contributed by atoms with van der Waals surface area (Å²) in [5, 5.41) is 0. The third-order valence-electron chi connectivity index (χ3n) is 1.55. The number of aromatic amines is 1. The predicted molar refractivity (Wildman–Crippen MR) is 52.3 cm³/mol. The van der Waals surface area contributed by atoms with Crippen LogP contribution in [0.1, 0.15) is 31.3 Å². The Bertz CT molecular complexity index is 196. The quantitative estimate of drug-likeness (QED) is 0.831. The number of imidazole rings is 1. The molecule has 1 heterocycles. The minimum absolute atomic E-state index is 0. The fourth-order valence-corrected chi connectivity index (χ4v) is 0.954. The fraction of sp³-hybridized carbons (Fsp3) is 0.625. The Morgan fingerprint density at radius 1 is 1.55 bits per heavy atom. The van der Waals surface area contributed by atoms with Gasteiger partial charge in [-0.05, 0) is 19.8 Å². The predicted octanol–water partition coefficient (Wildman–Crippen LogP) is 2.64. The van der Waals surface area contributed by atoms with Crippen LogP contribution < -0.4 is 0 Å². The van der Waals surface area contributed by atoms with Gasteiger partial charge < -0.3 is 4.98 Å². The zero-order valence-electron chi connectivity index (χ0n) is 7.05. The third-order valence-corrected chi connectivity index (χ3v) is 1.55. The Morgan fingerprint density at radius 3 is 2.73 bits per heavy atom. The van der Waals surface area contributed by atoms with E-state index < -0.39 is 0 Å². The number of rotatable bonds is 3. The van der Waals surface area contributed by atoms with Crippen molar-refractivity contribution in [1.82, 2.24) is 9.97 Å². The first kappa shape index (κ1) is 10.7. The highest BCUT2D eigenvalue weighted by atomic mass is 79.9. The summed E-state index contributed by atoms with van der Waals surface area (Å²) in [6.45, 7) is 4.18. The molecule has 0 unspecified atom stereocenters. The van der Waals surface area contributed by atoms with Crippen LogP contribution in [0.5, 0.6) is 0 Å². The Labute approximate surface area is 78.2 Å². The molecule has 11 heavy (non-hydrogen) atoms. The molecular weight excluding hydrogens is 204 g/mol. The monoisotopic (exact) mass is 218 g/mol. The van der Waals surface area contributed by atoms with Crippen molar-refractivity contribution in [2.45, 2.75) is 33.1 Å². The minimum atomic E-state index is 0. The van der Waals surface area contributed by atoms with E-state index in [1.807, 2.05) is 13.1 Å². The first-order chi connectivity index (χ1) is 4.83. The number of H-pyrrole nitrogens is 1. The van der Waals surface area contributed by atoms with Crippen LogP contribution in [0, 0.1) is 6.92 Å². The van der Waals surface area contributed by atoms with E-state index in [1.54, 1.807) is 0 Å². The van der Waals surface area contributed by atoms with Crippen molar-refractivity contribution in [2.75, 3.05) is 0 Å². The number of aromatic nitrogens is 2. The molecule has 0 radical (unpaired) electrons. The molecule has 0 spiro atoms. The number of unbranched alkanes of at least 4 members (excludes halogenated alkanes) is 1. The summed E-state index contributed by atoms with van der Waals surface area (Å²) in [5.74, 6) is 1.02. The Hall–Kier alpha value is -0.310. The van der Waals surface area contributed by atoms with Crippen LogP contribution in [0.2, 0.25) is 0 Å². The SMILES string of the molecule is Br.CCCCc1c[nH]c(C)n1. The summed E-state index contributed by atoms with van der Waals surface area (Å²) in [4.78, 5) is 7.36. The molecule has 2 nitrogen and oxygen atoms in total. The molecule has 0 aliphatic carbocycles. The van der Waals surface area contributed by atoms with Crippen LogP contribution >= 0.6 is 17.0 Å². The summed E-state index contributed by atoms with van der Waals surface area (Å²) in [6, 6.07) is 0. The summed E-state index contributed by atoms with van der Waals surface area (Å²) >= 11 is 0. The maximum atomic E-state index is 4.29. The van der Waals surface area contributed by atoms with Gasteiger partial charge in [0.15, 0.2) is 0 Å². The van der Waals surface area contributed by atoms with Crippen molar-refractivity contribution in [1.29, 1.82) is 0 Å². The van der Waals surface area contributed by atoms with Crippen molar-refractivity contribution < 1.29 is 0 Å². The summed E-state index contributed by atoms with van der Waals surface area (Å²) < 4.78 is 0. The van der Waals surface area contributed by atoms with Gasteiger partial charge in [0.1, 0.15) is 5.82 Å². The topological polar surface area (TPSA) is 28.7 Å². The molecule has 3 heteroatoms. The molecule has 1 rings (SSSR count). The van der Waals surface area contributed by atoms with Gasteiger partial charge >= 0.3 is 0 Å². The summed E-state index contributed by atoms with van der Waals surface area (Å²) in [5.41, 5.74) is 1.19. The average molecular weight is 219 g/mol. The number of nitrogens with one attached hydrogen (secondary N) is 1. The highest BCUT2D eigenvalue weighted by Crippen LogP contribution is 2.01. The molecule has 0 aliphatic heterocycles. The molecule has 0 bridgehead atoms. The Morgan fingerprint density at radius 2 is 2.27 bits per heavy atom. The lowest BCUT2D eigenvalue weighted by atomic mass is 10.2.